The van der Waals surface area contributed by atoms with E-state index >= 15 is 0 Å². The fourth-order valence-electron chi connectivity index (χ4n) is 1.39. The van der Waals surface area contributed by atoms with Gasteiger partial charge in [0.15, 0.2) is 0 Å². The molecule has 1 rings (SSSR count). The van der Waals surface area contributed by atoms with Crippen molar-refractivity contribution in [3.8, 4) is 6.07 Å². The van der Waals surface area contributed by atoms with Crippen molar-refractivity contribution in [3.05, 3.63) is 34.3 Å². The number of aromatic carboxylic acids is 1. The van der Waals surface area contributed by atoms with Gasteiger partial charge in [-0.1, -0.05) is 11.6 Å². The maximum absolute atomic E-state index is 10.9. The lowest BCUT2D eigenvalue weighted by Gasteiger charge is -2.17. The Kier molecular flexibility index (Phi) is 4.46. The maximum atomic E-state index is 10.9. The third-order valence-corrected chi connectivity index (χ3v) is 2.46. The molecule has 0 aliphatic rings. The van der Waals surface area contributed by atoms with E-state index in [4.69, 9.17) is 22.0 Å². The number of hydrogen-bond acceptors (Lipinski definition) is 4. The van der Waals surface area contributed by atoms with Crippen LogP contribution in [-0.2, 0) is 0 Å². The first-order valence-corrected chi connectivity index (χ1v) is 5.11. The van der Waals surface area contributed by atoms with Gasteiger partial charge in [0, 0.05) is 5.02 Å². The van der Waals surface area contributed by atoms with Crippen LogP contribution < -0.4 is 0 Å². The van der Waals surface area contributed by atoms with Gasteiger partial charge < -0.3 is 15.3 Å². The van der Waals surface area contributed by atoms with E-state index in [9.17, 15) is 15.0 Å². The summed E-state index contributed by atoms with van der Waals surface area (Å²) in [6, 6.07) is 5.56. The van der Waals surface area contributed by atoms with Crippen molar-refractivity contribution in [3.63, 3.8) is 0 Å². The highest BCUT2D eigenvalue weighted by atomic mass is 35.5. The molecule has 0 saturated heterocycles. The van der Waals surface area contributed by atoms with Crippen LogP contribution in [0.1, 0.15) is 28.4 Å². The summed E-state index contributed by atoms with van der Waals surface area (Å²) < 4.78 is 0. The normalized spacial score (nSPS) is 13.8. The van der Waals surface area contributed by atoms with Crippen LogP contribution in [0.15, 0.2) is 18.2 Å². The van der Waals surface area contributed by atoms with Crippen molar-refractivity contribution >= 4 is 17.6 Å². The number of benzene rings is 1. The number of carboxylic acids is 1. The molecule has 1 aromatic rings. The van der Waals surface area contributed by atoms with Crippen molar-refractivity contribution in [2.45, 2.75) is 18.6 Å². The number of hydrogen-bond donors (Lipinski definition) is 3. The van der Waals surface area contributed by atoms with Crippen LogP contribution in [0.25, 0.3) is 0 Å². The van der Waals surface area contributed by atoms with E-state index in [1.807, 2.05) is 0 Å². The molecule has 90 valence electrons. The predicted octanol–water partition coefficient (Wildman–Crippen LogP) is 1.35. The highest BCUT2D eigenvalue weighted by Crippen LogP contribution is 2.26. The van der Waals surface area contributed by atoms with Crippen LogP contribution in [-0.4, -0.2) is 27.4 Å². The van der Waals surface area contributed by atoms with Gasteiger partial charge in [0.05, 0.1) is 24.2 Å². The molecular weight excluding hydrogens is 246 g/mol. The van der Waals surface area contributed by atoms with Crippen LogP contribution >= 0.6 is 11.6 Å². The minimum atomic E-state index is -1.46. The van der Waals surface area contributed by atoms with Gasteiger partial charge in [-0.05, 0) is 23.8 Å². The molecule has 3 N–H and O–H groups in total. The summed E-state index contributed by atoms with van der Waals surface area (Å²) in [5.74, 6) is -1.24. The van der Waals surface area contributed by atoms with Crippen LogP contribution in [0, 0.1) is 11.3 Å². The van der Waals surface area contributed by atoms with Crippen molar-refractivity contribution in [1.82, 2.24) is 0 Å². The summed E-state index contributed by atoms with van der Waals surface area (Å²) in [7, 11) is 0. The molecule has 5 nitrogen and oxygen atoms in total. The summed E-state index contributed by atoms with van der Waals surface area (Å²) in [5, 5.41) is 36.8. The highest BCUT2D eigenvalue weighted by molar-refractivity contribution is 6.30. The van der Waals surface area contributed by atoms with E-state index in [1.54, 1.807) is 6.07 Å². The van der Waals surface area contributed by atoms with Crippen LogP contribution in [0.4, 0.5) is 0 Å². The fourth-order valence-corrected chi connectivity index (χ4v) is 1.57. The molecule has 17 heavy (non-hydrogen) atoms. The molecule has 0 radical (unpaired) electrons. The van der Waals surface area contributed by atoms with E-state index in [1.165, 1.54) is 18.2 Å². The van der Waals surface area contributed by atoms with Crippen LogP contribution in [0.2, 0.25) is 5.02 Å². The number of carbonyl (C=O) groups is 1. The Morgan fingerprint density at radius 2 is 2.12 bits per heavy atom. The molecule has 0 fully saturated rings. The number of aliphatic hydroxyl groups excluding tert-OH is 2. The Morgan fingerprint density at radius 1 is 1.47 bits per heavy atom. The topological polar surface area (TPSA) is 102 Å². The number of aliphatic hydroxyl groups is 2. The molecule has 2 atom stereocenters. The SMILES string of the molecule is N#CCC(O)C(O)c1cc(Cl)ccc1C(=O)O. The van der Waals surface area contributed by atoms with Crippen LogP contribution in [0.5, 0.6) is 0 Å². The Hall–Kier alpha value is -1.61. The van der Waals surface area contributed by atoms with Gasteiger partial charge >= 0.3 is 5.97 Å². The van der Waals surface area contributed by atoms with Crippen molar-refractivity contribution in [1.29, 1.82) is 5.26 Å². The Labute approximate surface area is 102 Å². The second-order valence-electron chi connectivity index (χ2n) is 3.41. The average Bonchev–Trinajstić information content (AvgIpc) is 2.27. The molecular formula is C11H10ClNO4. The van der Waals surface area contributed by atoms with Crippen molar-refractivity contribution in [2.24, 2.45) is 0 Å². The smallest absolute Gasteiger partial charge is 0.336 e. The van der Waals surface area contributed by atoms with E-state index in [-0.39, 0.29) is 22.6 Å². The van der Waals surface area contributed by atoms with E-state index in [0.29, 0.717) is 0 Å². The molecule has 0 saturated carbocycles. The monoisotopic (exact) mass is 255 g/mol. The van der Waals surface area contributed by atoms with E-state index < -0.39 is 18.2 Å². The Bertz CT molecular complexity index is 469. The number of rotatable bonds is 4. The summed E-state index contributed by atoms with van der Waals surface area (Å²) in [5.41, 5.74) is -0.161. The van der Waals surface area contributed by atoms with Gasteiger partial charge in [0.2, 0.25) is 0 Å². The third-order valence-electron chi connectivity index (χ3n) is 2.23. The summed E-state index contributed by atoms with van der Waals surface area (Å²) >= 11 is 5.70. The first-order chi connectivity index (χ1) is 7.97. The molecule has 0 amide bonds. The Balaban J connectivity index is 3.15. The lowest BCUT2D eigenvalue weighted by Crippen LogP contribution is -2.20. The largest absolute Gasteiger partial charge is 0.478 e. The van der Waals surface area contributed by atoms with Gasteiger partial charge in [0.1, 0.15) is 6.10 Å². The first kappa shape index (κ1) is 13.5. The zero-order chi connectivity index (χ0) is 13.0. The standard InChI is InChI=1S/C11H10ClNO4/c12-6-1-2-7(11(16)17)8(5-6)10(15)9(14)3-4-13/h1-2,5,9-10,14-15H,3H2,(H,16,17). The molecule has 0 bridgehead atoms. The summed E-state index contributed by atoms with van der Waals surface area (Å²) in [6.45, 7) is 0. The molecule has 1 aromatic carbocycles. The van der Waals surface area contributed by atoms with Gasteiger partial charge in [-0.2, -0.15) is 5.26 Å². The first-order valence-electron chi connectivity index (χ1n) is 4.73. The number of halogens is 1. The van der Waals surface area contributed by atoms with Crippen LogP contribution in [0.3, 0.4) is 0 Å². The second-order valence-corrected chi connectivity index (χ2v) is 3.85. The van der Waals surface area contributed by atoms with Gasteiger partial charge in [0.25, 0.3) is 0 Å². The molecule has 6 heteroatoms. The van der Waals surface area contributed by atoms with Crippen molar-refractivity contribution < 1.29 is 20.1 Å². The molecule has 2 unspecified atom stereocenters. The fraction of sp³-hybridized carbons (Fsp3) is 0.273. The van der Waals surface area contributed by atoms with Crippen molar-refractivity contribution in [2.75, 3.05) is 0 Å². The molecule has 0 spiro atoms. The lowest BCUT2D eigenvalue weighted by atomic mass is 9.97. The van der Waals surface area contributed by atoms with Gasteiger partial charge in [-0.3, -0.25) is 0 Å². The summed E-state index contributed by atoms with van der Waals surface area (Å²) in [6.07, 6.45) is -3.11. The minimum absolute atomic E-state index is 0.00671. The molecule has 0 aliphatic heterocycles. The molecule has 0 aliphatic carbocycles. The predicted molar refractivity (Wildman–Crippen MR) is 59.6 cm³/mol. The minimum Gasteiger partial charge on any atom is -0.478 e. The van der Waals surface area contributed by atoms with Gasteiger partial charge in [-0.25, -0.2) is 4.79 Å². The van der Waals surface area contributed by atoms with Gasteiger partial charge in [-0.15, -0.1) is 0 Å². The zero-order valence-electron chi connectivity index (χ0n) is 8.67. The highest BCUT2D eigenvalue weighted by Gasteiger charge is 2.23. The quantitative estimate of drug-likeness (QED) is 0.754. The van der Waals surface area contributed by atoms with E-state index in [2.05, 4.69) is 0 Å². The molecule has 0 heterocycles. The molecule has 0 aromatic heterocycles. The number of nitriles is 1. The zero-order valence-corrected chi connectivity index (χ0v) is 9.42. The maximum Gasteiger partial charge on any atom is 0.336 e. The number of nitrogens with zero attached hydrogens (tertiary/aromatic N) is 1. The lowest BCUT2D eigenvalue weighted by molar-refractivity contribution is 0.0205. The summed E-state index contributed by atoms with van der Waals surface area (Å²) in [4.78, 5) is 10.9. The number of carboxylic acid groups (broad SMARTS) is 1. The third kappa shape index (κ3) is 3.17. The Morgan fingerprint density at radius 3 is 2.65 bits per heavy atom. The second kappa shape index (κ2) is 5.64. The average molecular weight is 256 g/mol. The van der Waals surface area contributed by atoms with E-state index in [0.717, 1.165) is 0 Å².